The van der Waals surface area contributed by atoms with Crippen LogP contribution in [0.5, 0.6) is 0 Å². The van der Waals surface area contributed by atoms with Crippen LogP contribution in [0.3, 0.4) is 0 Å². The molecule has 0 radical (unpaired) electrons. The molecule has 0 aliphatic carbocycles. The minimum Gasteiger partial charge on any atom is -0.481 e. The highest BCUT2D eigenvalue weighted by Gasteiger charge is 2.26. The molecule has 0 saturated carbocycles. The van der Waals surface area contributed by atoms with E-state index in [9.17, 15) is 9.59 Å². The molecule has 1 aliphatic heterocycles. The second kappa shape index (κ2) is 6.58. The van der Waals surface area contributed by atoms with Crippen molar-refractivity contribution in [3.63, 3.8) is 0 Å². The lowest BCUT2D eigenvalue weighted by molar-refractivity contribution is -0.141. The molecule has 104 valence electrons. The van der Waals surface area contributed by atoms with Crippen LogP contribution in [0.4, 0.5) is 4.79 Å². The number of nitrogens with one attached hydrogen (secondary N) is 1. The van der Waals surface area contributed by atoms with Gasteiger partial charge in [-0.05, 0) is 32.6 Å². The molecule has 1 rings (SSSR count). The highest BCUT2D eigenvalue weighted by atomic mass is 16.4. The van der Waals surface area contributed by atoms with Crippen molar-refractivity contribution < 1.29 is 19.8 Å². The Morgan fingerprint density at radius 1 is 1.33 bits per heavy atom. The van der Waals surface area contributed by atoms with Crippen molar-refractivity contribution in [1.29, 1.82) is 0 Å². The first kappa shape index (κ1) is 14.8. The predicted octanol–water partition coefficient (Wildman–Crippen LogP) is 0.509. The van der Waals surface area contributed by atoms with E-state index in [2.05, 4.69) is 5.32 Å². The van der Waals surface area contributed by atoms with Gasteiger partial charge in [-0.2, -0.15) is 0 Å². The number of hydrogen-bond acceptors (Lipinski definition) is 3. The number of aliphatic carboxylic acids is 1. The largest absolute Gasteiger partial charge is 0.481 e. The Bertz CT molecular complexity index is 300. The van der Waals surface area contributed by atoms with Crippen molar-refractivity contribution in [2.24, 2.45) is 11.8 Å². The molecular weight excluding hydrogens is 236 g/mol. The molecule has 0 aromatic carbocycles. The van der Waals surface area contributed by atoms with Crippen LogP contribution >= 0.6 is 0 Å². The van der Waals surface area contributed by atoms with Gasteiger partial charge in [0.1, 0.15) is 0 Å². The molecule has 18 heavy (non-hydrogen) atoms. The third-order valence-corrected chi connectivity index (χ3v) is 3.65. The Labute approximate surface area is 107 Å². The standard InChI is InChI=1S/C12H22N2O4/c1-8(11(16)17)9(2)13-12(18)14-5-3-10(7-15)4-6-14/h8-10,15H,3-7H2,1-2H3,(H,13,18)(H,16,17). The number of amides is 2. The van der Waals surface area contributed by atoms with Gasteiger partial charge in [0, 0.05) is 25.7 Å². The first-order valence-corrected chi connectivity index (χ1v) is 6.34. The van der Waals surface area contributed by atoms with Crippen LogP contribution in [0.2, 0.25) is 0 Å². The maximum atomic E-state index is 11.9. The lowest BCUT2D eigenvalue weighted by Crippen LogP contribution is -2.49. The van der Waals surface area contributed by atoms with Gasteiger partial charge >= 0.3 is 12.0 Å². The summed E-state index contributed by atoms with van der Waals surface area (Å²) in [5.74, 6) is -1.24. The summed E-state index contributed by atoms with van der Waals surface area (Å²) in [6.45, 7) is 4.67. The fourth-order valence-corrected chi connectivity index (χ4v) is 1.94. The number of carbonyl (C=O) groups is 2. The first-order valence-electron chi connectivity index (χ1n) is 6.34. The van der Waals surface area contributed by atoms with Crippen LogP contribution in [0.1, 0.15) is 26.7 Å². The minimum atomic E-state index is -0.915. The first-order chi connectivity index (χ1) is 8.45. The number of carboxylic acids is 1. The van der Waals surface area contributed by atoms with Gasteiger partial charge < -0.3 is 20.4 Å². The highest BCUT2D eigenvalue weighted by molar-refractivity contribution is 5.76. The molecule has 0 bridgehead atoms. The normalized spacial score (nSPS) is 20.3. The number of likely N-dealkylation sites (tertiary alicyclic amines) is 1. The van der Waals surface area contributed by atoms with Gasteiger partial charge in [-0.25, -0.2) is 4.79 Å². The maximum absolute atomic E-state index is 11.9. The van der Waals surface area contributed by atoms with Gasteiger partial charge in [-0.3, -0.25) is 4.79 Å². The number of aliphatic hydroxyl groups is 1. The predicted molar refractivity (Wildman–Crippen MR) is 66.2 cm³/mol. The second-order valence-corrected chi connectivity index (χ2v) is 4.98. The van der Waals surface area contributed by atoms with E-state index in [-0.39, 0.29) is 18.6 Å². The highest BCUT2D eigenvalue weighted by Crippen LogP contribution is 2.16. The summed E-state index contributed by atoms with van der Waals surface area (Å²) in [5.41, 5.74) is 0. The van der Waals surface area contributed by atoms with E-state index >= 15 is 0 Å². The molecule has 2 unspecified atom stereocenters. The Morgan fingerprint density at radius 3 is 2.33 bits per heavy atom. The smallest absolute Gasteiger partial charge is 0.317 e. The van der Waals surface area contributed by atoms with Gasteiger partial charge in [-0.15, -0.1) is 0 Å². The zero-order valence-electron chi connectivity index (χ0n) is 10.9. The third kappa shape index (κ3) is 3.87. The molecule has 0 aromatic rings. The van der Waals surface area contributed by atoms with Crippen molar-refractivity contribution in [2.75, 3.05) is 19.7 Å². The summed E-state index contributed by atoms with van der Waals surface area (Å²) in [5, 5.41) is 20.6. The summed E-state index contributed by atoms with van der Waals surface area (Å²) in [4.78, 5) is 24.4. The van der Waals surface area contributed by atoms with Gasteiger partial charge in [-0.1, -0.05) is 0 Å². The molecule has 6 nitrogen and oxygen atoms in total. The number of carboxylic acid groups (broad SMARTS) is 1. The quantitative estimate of drug-likeness (QED) is 0.685. The Morgan fingerprint density at radius 2 is 1.89 bits per heavy atom. The third-order valence-electron chi connectivity index (χ3n) is 3.65. The van der Waals surface area contributed by atoms with E-state index in [1.54, 1.807) is 18.7 Å². The molecule has 1 fully saturated rings. The molecule has 2 amide bonds. The summed E-state index contributed by atoms with van der Waals surface area (Å²) < 4.78 is 0. The van der Waals surface area contributed by atoms with E-state index in [4.69, 9.17) is 10.2 Å². The van der Waals surface area contributed by atoms with Crippen LogP contribution in [0.15, 0.2) is 0 Å². The van der Waals surface area contributed by atoms with Crippen LogP contribution in [-0.4, -0.2) is 52.9 Å². The zero-order chi connectivity index (χ0) is 13.7. The van der Waals surface area contributed by atoms with Gasteiger partial charge in [0.15, 0.2) is 0 Å². The number of rotatable bonds is 4. The zero-order valence-corrected chi connectivity index (χ0v) is 10.9. The molecule has 6 heteroatoms. The van der Waals surface area contributed by atoms with Gasteiger partial charge in [0.2, 0.25) is 0 Å². The fourth-order valence-electron chi connectivity index (χ4n) is 1.94. The van der Waals surface area contributed by atoms with Crippen LogP contribution in [0, 0.1) is 11.8 Å². The molecule has 1 saturated heterocycles. The van der Waals surface area contributed by atoms with Crippen LogP contribution in [0.25, 0.3) is 0 Å². The van der Waals surface area contributed by atoms with E-state index in [0.29, 0.717) is 13.1 Å². The van der Waals surface area contributed by atoms with Crippen molar-refractivity contribution >= 4 is 12.0 Å². The van der Waals surface area contributed by atoms with Gasteiger partial charge in [0.25, 0.3) is 0 Å². The average Bonchev–Trinajstić information content (AvgIpc) is 2.37. The molecule has 3 N–H and O–H groups in total. The topological polar surface area (TPSA) is 89.9 Å². The van der Waals surface area contributed by atoms with E-state index in [0.717, 1.165) is 12.8 Å². The van der Waals surface area contributed by atoms with Crippen molar-refractivity contribution in [3.8, 4) is 0 Å². The Balaban J connectivity index is 2.39. The van der Waals surface area contributed by atoms with E-state index in [1.807, 2.05) is 0 Å². The van der Waals surface area contributed by atoms with Crippen LogP contribution in [-0.2, 0) is 4.79 Å². The fraction of sp³-hybridized carbons (Fsp3) is 0.833. The number of carbonyl (C=O) groups excluding carboxylic acids is 1. The van der Waals surface area contributed by atoms with E-state index < -0.39 is 17.9 Å². The number of aliphatic hydroxyl groups excluding tert-OH is 1. The van der Waals surface area contributed by atoms with Crippen LogP contribution < -0.4 is 5.32 Å². The molecule has 1 aliphatic rings. The molecule has 2 atom stereocenters. The Hall–Kier alpha value is -1.30. The maximum Gasteiger partial charge on any atom is 0.317 e. The second-order valence-electron chi connectivity index (χ2n) is 4.98. The summed E-state index contributed by atoms with van der Waals surface area (Å²) in [7, 11) is 0. The summed E-state index contributed by atoms with van der Waals surface area (Å²) in [6, 6.07) is -0.613. The van der Waals surface area contributed by atoms with E-state index in [1.165, 1.54) is 0 Å². The average molecular weight is 258 g/mol. The molecule has 0 spiro atoms. The van der Waals surface area contributed by atoms with Crippen molar-refractivity contribution in [3.05, 3.63) is 0 Å². The number of piperidine rings is 1. The lowest BCUT2D eigenvalue weighted by Gasteiger charge is -2.32. The summed E-state index contributed by atoms with van der Waals surface area (Å²) in [6.07, 6.45) is 1.60. The molecule has 0 aromatic heterocycles. The minimum absolute atomic E-state index is 0.169. The lowest BCUT2D eigenvalue weighted by atomic mass is 9.98. The SMILES string of the molecule is CC(NC(=O)N1CCC(CO)CC1)C(C)C(=O)O. The number of hydrogen-bond donors (Lipinski definition) is 3. The van der Waals surface area contributed by atoms with Crippen molar-refractivity contribution in [1.82, 2.24) is 10.2 Å². The number of nitrogens with zero attached hydrogens (tertiary/aromatic N) is 1. The molecular formula is C12H22N2O4. The summed E-state index contributed by atoms with van der Waals surface area (Å²) >= 11 is 0. The number of urea groups is 1. The van der Waals surface area contributed by atoms with Gasteiger partial charge in [0.05, 0.1) is 5.92 Å². The van der Waals surface area contributed by atoms with Crippen molar-refractivity contribution in [2.45, 2.75) is 32.7 Å². The monoisotopic (exact) mass is 258 g/mol. The Kier molecular flexibility index (Phi) is 5.40. The molecule has 1 heterocycles.